The van der Waals surface area contributed by atoms with Gasteiger partial charge in [0.15, 0.2) is 5.16 Å². The Labute approximate surface area is 105 Å². The molecular weight excluding hydrogens is 232 g/mol. The highest BCUT2D eigenvalue weighted by Crippen LogP contribution is 2.23. The molecule has 17 heavy (non-hydrogen) atoms. The van der Waals surface area contributed by atoms with Crippen molar-refractivity contribution in [3.63, 3.8) is 0 Å². The molecule has 0 saturated carbocycles. The van der Waals surface area contributed by atoms with Gasteiger partial charge in [0.1, 0.15) is 5.03 Å². The lowest BCUT2D eigenvalue weighted by Gasteiger charge is -2.12. The van der Waals surface area contributed by atoms with Crippen molar-refractivity contribution in [3.05, 3.63) is 36.3 Å². The van der Waals surface area contributed by atoms with E-state index in [4.69, 9.17) is 0 Å². The first-order valence-corrected chi connectivity index (χ1v) is 6.48. The van der Waals surface area contributed by atoms with E-state index < -0.39 is 0 Å². The second-order valence-electron chi connectivity index (χ2n) is 3.71. The molecule has 0 spiro atoms. The summed E-state index contributed by atoms with van der Waals surface area (Å²) < 4.78 is 0. The van der Waals surface area contributed by atoms with Gasteiger partial charge in [-0.05, 0) is 36.9 Å². The topological polar surface area (TPSA) is 53.6 Å². The molecule has 2 aromatic rings. The molecule has 5 heteroatoms. The van der Waals surface area contributed by atoms with E-state index in [2.05, 4.69) is 40.2 Å². The van der Waals surface area contributed by atoms with Gasteiger partial charge in [-0.2, -0.15) is 0 Å². The second kappa shape index (κ2) is 5.84. The van der Waals surface area contributed by atoms with Gasteiger partial charge in [0.05, 0.1) is 0 Å². The van der Waals surface area contributed by atoms with Crippen LogP contribution in [-0.4, -0.2) is 21.5 Å². The molecule has 0 aliphatic rings. The SMILES string of the molecule is CCNC(C)c1ccc(Sc2ncc[nH]2)nc1. The van der Waals surface area contributed by atoms with Crippen molar-refractivity contribution in [3.8, 4) is 0 Å². The summed E-state index contributed by atoms with van der Waals surface area (Å²) in [6.45, 7) is 5.20. The number of aromatic nitrogens is 3. The van der Waals surface area contributed by atoms with E-state index in [1.54, 1.807) is 6.20 Å². The standard InChI is InChI=1S/C12H16N4S/c1-3-13-9(2)10-4-5-11(16-8-10)17-12-14-6-7-15-12/h4-9,13H,3H2,1-2H3,(H,14,15). The molecule has 1 atom stereocenters. The molecule has 2 heterocycles. The molecule has 2 aromatic heterocycles. The largest absolute Gasteiger partial charge is 0.339 e. The molecule has 0 saturated heterocycles. The minimum absolute atomic E-state index is 0.343. The van der Waals surface area contributed by atoms with Gasteiger partial charge in [-0.1, -0.05) is 13.0 Å². The summed E-state index contributed by atoms with van der Waals surface area (Å²) in [5.74, 6) is 0. The maximum atomic E-state index is 4.42. The third-order valence-electron chi connectivity index (χ3n) is 2.44. The molecule has 2 rings (SSSR count). The zero-order chi connectivity index (χ0) is 12.1. The number of hydrogen-bond donors (Lipinski definition) is 2. The van der Waals surface area contributed by atoms with Crippen molar-refractivity contribution in [2.75, 3.05) is 6.54 Å². The highest BCUT2D eigenvalue weighted by Gasteiger charge is 2.05. The fraction of sp³-hybridized carbons (Fsp3) is 0.333. The van der Waals surface area contributed by atoms with E-state index in [9.17, 15) is 0 Å². The number of nitrogens with zero attached hydrogens (tertiary/aromatic N) is 2. The zero-order valence-corrected chi connectivity index (χ0v) is 10.8. The molecule has 1 unspecified atom stereocenters. The van der Waals surface area contributed by atoms with E-state index in [-0.39, 0.29) is 0 Å². The minimum Gasteiger partial charge on any atom is -0.339 e. The Balaban J connectivity index is 2.02. The van der Waals surface area contributed by atoms with Crippen LogP contribution in [0.3, 0.4) is 0 Å². The van der Waals surface area contributed by atoms with Gasteiger partial charge >= 0.3 is 0 Å². The van der Waals surface area contributed by atoms with Crippen LogP contribution in [0.5, 0.6) is 0 Å². The summed E-state index contributed by atoms with van der Waals surface area (Å²) in [5.41, 5.74) is 1.20. The second-order valence-corrected chi connectivity index (χ2v) is 4.71. The van der Waals surface area contributed by atoms with Crippen molar-refractivity contribution >= 4 is 11.8 Å². The number of hydrogen-bond acceptors (Lipinski definition) is 4. The molecule has 0 aromatic carbocycles. The molecule has 90 valence electrons. The fourth-order valence-corrected chi connectivity index (χ4v) is 2.22. The Hall–Kier alpha value is -1.33. The smallest absolute Gasteiger partial charge is 0.171 e. The van der Waals surface area contributed by atoms with E-state index in [1.807, 2.05) is 18.5 Å². The first-order chi connectivity index (χ1) is 8.29. The van der Waals surface area contributed by atoms with E-state index >= 15 is 0 Å². The molecule has 0 bridgehead atoms. The Bertz CT molecular complexity index is 438. The summed E-state index contributed by atoms with van der Waals surface area (Å²) in [6, 6.07) is 4.47. The van der Waals surface area contributed by atoms with Crippen LogP contribution in [0.25, 0.3) is 0 Å². The summed E-state index contributed by atoms with van der Waals surface area (Å²) in [6.07, 6.45) is 5.46. The molecular formula is C12H16N4S. The van der Waals surface area contributed by atoms with Crippen LogP contribution in [0.1, 0.15) is 25.5 Å². The monoisotopic (exact) mass is 248 g/mol. The van der Waals surface area contributed by atoms with Gasteiger partial charge < -0.3 is 10.3 Å². The first kappa shape index (κ1) is 12.1. The van der Waals surface area contributed by atoms with Crippen molar-refractivity contribution in [2.45, 2.75) is 30.1 Å². The normalized spacial score (nSPS) is 12.6. The van der Waals surface area contributed by atoms with Crippen LogP contribution in [-0.2, 0) is 0 Å². The number of nitrogens with one attached hydrogen (secondary N) is 2. The van der Waals surface area contributed by atoms with E-state index in [0.717, 1.165) is 16.7 Å². The van der Waals surface area contributed by atoms with Gasteiger partial charge in [-0.15, -0.1) is 0 Å². The Morgan fingerprint density at radius 1 is 1.41 bits per heavy atom. The summed E-state index contributed by atoms with van der Waals surface area (Å²) in [4.78, 5) is 11.6. The number of pyridine rings is 1. The van der Waals surface area contributed by atoms with Crippen LogP contribution < -0.4 is 5.32 Å². The summed E-state index contributed by atoms with van der Waals surface area (Å²) in [7, 11) is 0. The lowest BCUT2D eigenvalue weighted by atomic mass is 10.1. The van der Waals surface area contributed by atoms with E-state index in [0.29, 0.717) is 6.04 Å². The Kier molecular flexibility index (Phi) is 4.17. The third-order valence-corrected chi connectivity index (χ3v) is 3.31. The van der Waals surface area contributed by atoms with Crippen LogP contribution in [0, 0.1) is 0 Å². The molecule has 4 nitrogen and oxygen atoms in total. The van der Waals surface area contributed by atoms with Crippen LogP contribution in [0.2, 0.25) is 0 Å². The average Bonchev–Trinajstić information content (AvgIpc) is 2.83. The van der Waals surface area contributed by atoms with Crippen molar-refractivity contribution in [2.24, 2.45) is 0 Å². The van der Waals surface area contributed by atoms with Crippen LogP contribution in [0.4, 0.5) is 0 Å². The molecule has 0 aliphatic heterocycles. The highest BCUT2D eigenvalue weighted by molar-refractivity contribution is 7.99. The predicted octanol–water partition coefficient (Wildman–Crippen LogP) is 2.63. The maximum Gasteiger partial charge on any atom is 0.171 e. The third kappa shape index (κ3) is 3.31. The number of aromatic amines is 1. The van der Waals surface area contributed by atoms with Gasteiger partial charge in [0, 0.05) is 24.6 Å². The average molecular weight is 248 g/mol. The summed E-state index contributed by atoms with van der Waals surface area (Å²) in [5, 5.41) is 5.18. The lowest BCUT2D eigenvalue weighted by molar-refractivity contribution is 0.595. The Morgan fingerprint density at radius 2 is 2.29 bits per heavy atom. The van der Waals surface area contributed by atoms with Crippen molar-refractivity contribution < 1.29 is 0 Å². The first-order valence-electron chi connectivity index (χ1n) is 5.66. The molecule has 0 radical (unpaired) electrons. The zero-order valence-electron chi connectivity index (χ0n) is 9.97. The van der Waals surface area contributed by atoms with Gasteiger partial charge in [0.2, 0.25) is 0 Å². The molecule has 2 N–H and O–H groups in total. The van der Waals surface area contributed by atoms with Crippen molar-refractivity contribution in [1.29, 1.82) is 0 Å². The predicted molar refractivity (Wildman–Crippen MR) is 69.0 cm³/mol. The number of H-pyrrole nitrogens is 1. The van der Waals surface area contributed by atoms with Crippen LogP contribution in [0.15, 0.2) is 40.9 Å². The van der Waals surface area contributed by atoms with Gasteiger partial charge in [-0.25, -0.2) is 9.97 Å². The van der Waals surface area contributed by atoms with Crippen molar-refractivity contribution in [1.82, 2.24) is 20.3 Å². The number of imidazole rings is 1. The van der Waals surface area contributed by atoms with E-state index in [1.165, 1.54) is 17.3 Å². The fourth-order valence-electron chi connectivity index (χ4n) is 1.54. The molecule has 0 fully saturated rings. The molecule has 0 amide bonds. The Morgan fingerprint density at radius 3 is 2.88 bits per heavy atom. The van der Waals surface area contributed by atoms with Crippen LogP contribution >= 0.6 is 11.8 Å². The summed E-state index contributed by atoms with van der Waals surface area (Å²) >= 11 is 1.53. The number of rotatable bonds is 5. The van der Waals surface area contributed by atoms with Gasteiger partial charge in [-0.3, -0.25) is 0 Å². The van der Waals surface area contributed by atoms with Gasteiger partial charge in [0.25, 0.3) is 0 Å². The quantitative estimate of drug-likeness (QED) is 0.854. The molecule has 0 aliphatic carbocycles. The lowest BCUT2D eigenvalue weighted by Crippen LogP contribution is -2.17. The minimum atomic E-state index is 0.343. The highest BCUT2D eigenvalue weighted by atomic mass is 32.2. The maximum absolute atomic E-state index is 4.42.